The molecule has 6 nitrogen and oxygen atoms in total. The van der Waals surface area contributed by atoms with E-state index < -0.39 is 0 Å². The maximum Gasteiger partial charge on any atom is 0.226 e. The number of carbonyl (C=O) groups is 1. The summed E-state index contributed by atoms with van der Waals surface area (Å²) in [5.74, 6) is 1.23. The molecule has 104 valence electrons. The van der Waals surface area contributed by atoms with E-state index in [2.05, 4.69) is 15.3 Å². The third-order valence-corrected chi connectivity index (χ3v) is 3.12. The minimum absolute atomic E-state index is 0.199. The molecule has 0 aromatic carbocycles. The summed E-state index contributed by atoms with van der Waals surface area (Å²) in [6.45, 7) is 4.22. The third-order valence-electron chi connectivity index (χ3n) is 3.12. The lowest BCUT2D eigenvalue weighted by Gasteiger charge is -2.15. The highest BCUT2D eigenvalue weighted by atomic mass is 16.5. The van der Waals surface area contributed by atoms with Crippen LogP contribution in [0.1, 0.15) is 25.0 Å². The summed E-state index contributed by atoms with van der Waals surface area (Å²) >= 11 is 0. The van der Waals surface area contributed by atoms with E-state index in [1.54, 1.807) is 13.2 Å². The van der Waals surface area contributed by atoms with Crippen LogP contribution in [0.4, 0.5) is 5.95 Å². The van der Waals surface area contributed by atoms with E-state index in [0.717, 1.165) is 31.6 Å². The first kappa shape index (κ1) is 13.6. The normalized spacial score (nSPS) is 14.5. The zero-order chi connectivity index (χ0) is 13.7. The molecule has 2 rings (SSSR count). The van der Waals surface area contributed by atoms with Crippen molar-refractivity contribution in [2.75, 3.05) is 32.1 Å². The number of anilines is 1. The van der Waals surface area contributed by atoms with Crippen LogP contribution in [0.25, 0.3) is 0 Å². The molecule has 2 heterocycles. The fourth-order valence-corrected chi connectivity index (χ4v) is 2.13. The van der Waals surface area contributed by atoms with Gasteiger partial charge in [-0.05, 0) is 19.8 Å². The van der Waals surface area contributed by atoms with Gasteiger partial charge in [-0.2, -0.15) is 4.98 Å². The van der Waals surface area contributed by atoms with E-state index >= 15 is 0 Å². The van der Waals surface area contributed by atoms with Gasteiger partial charge in [-0.3, -0.25) is 4.79 Å². The molecule has 1 aromatic rings. The van der Waals surface area contributed by atoms with Gasteiger partial charge in [0.1, 0.15) is 0 Å². The lowest BCUT2D eigenvalue weighted by atomic mass is 10.3. The number of hydrogen-bond acceptors (Lipinski definition) is 5. The minimum Gasteiger partial charge on any atom is -0.481 e. The standard InChI is InChI=1S/C13H20N4O2/c1-10-9-11(19-2)16-13(15-10)14-6-5-12(18)17-7-3-4-8-17/h9H,3-8H2,1-2H3,(H,14,15,16). The van der Waals surface area contributed by atoms with Crippen molar-refractivity contribution in [3.63, 3.8) is 0 Å². The van der Waals surface area contributed by atoms with Gasteiger partial charge in [0.15, 0.2) is 0 Å². The number of amides is 1. The highest BCUT2D eigenvalue weighted by molar-refractivity contribution is 5.76. The molecular weight excluding hydrogens is 244 g/mol. The molecule has 6 heteroatoms. The summed E-state index contributed by atoms with van der Waals surface area (Å²) in [6.07, 6.45) is 2.72. The molecular formula is C13H20N4O2. The van der Waals surface area contributed by atoms with Crippen LogP contribution in [0, 0.1) is 6.92 Å². The predicted octanol–water partition coefficient (Wildman–Crippen LogP) is 1.22. The Bertz CT molecular complexity index is 444. The molecule has 0 aliphatic carbocycles. The third kappa shape index (κ3) is 3.81. The summed E-state index contributed by atoms with van der Waals surface area (Å²) in [5, 5.41) is 3.06. The van der Waals surface area contributed by atoms with Crippen LogP contribution in [0.15, 0.2) is 6.07 Å². The van der Waals surface area contributed by atoms with Crippen LogP contribution in [0.3, 0.4) is 0 Å². The van der Waals surface area contributed by atoms with E-state index in [1.165, 1.54) is 0 Å². The average molecular weight is 264 g/mol. The molecule has 1 saturated heterocycles. The van der Waals surface area contributed by atoms with Crippen molar-refractivity contribution < 1.29 is 9.53 Å². The Morgan fingerprint density at radius 3 is 2.84 bits per heavy atom. The van der Waals surface area contributed by atoms with Crippen LogP contribution in [-0.4, -0.2) is 47.5 Å². The second kappa shape index (κ2) is 6.36. The molecule has 0 radical (unpaired) electrons. The van der Waals surface area contributed by atoms with Crippen LogP contribution >= 0.6 is 0 Å². The van der Waals surface area contributed by atoms with Crippen molar-refractivity contribution >= 4 is 11.9 Å². The van der Waals surface area contributed by atoms with Gasteiger partial charge < -0.3 is 15.0 Å². The average Bonchev–Trinajstić information content (AvgIpc) is 2.92. The zero-order valence-electron chi connectivity index (χ0n) is 11.5. The molecule has 0 saturated carbocycles. The van der Waals surface area contributed by atoms with Gasteiger partial charge >= 0.3 is 0 Å². The van der Waals surface area contributed by atoms with Gasteiger partial charge in [0.2, 0.25) is 17.7 Å². The molecule has 1 N–H and O–H groups in total. The van der Waals surface area contributed by atoms with Crippen molar-refractivity contribution in [3.8, 4) is 5.88 Å². The van der Waals surface area contributed by atoms with Crippen LogP contribution < -0.4 is 10.1 Å². The SMILES string of the molecule is COc1cc(C)nc(NCCC(=O)N2CCCC2)n1. The van der Waals surface area contributed by atoms with Crippen molar-refractivity contribution in [2.45, 2.75) is 26.2 Å². The monoisotopic (exact) mass is 264 g/mol. The van der Waals surface area contributed by atoms with Gasteiger partial charge in [-0.1, -0.05) is 0 Å². The van der Waals surface area contributed by atoms with E-state index in [-0.39, 0.29) is 5.91 Å². The molecule has 1 aliphatic rings. The number of nitrogens with one attached hydrogen (secondary N) is 1. The Balaban J connectivity index is 1.81. The van der Waals surface area contributed by atoms with Crippen molar-refractivity contribution in [1.82, 2.24) is 14.9 Å². The summed E-state index contributed by atoms with van der Waals surface area (Å²) < 4.78 is 5.08. The van der Waals surface area contributed by atoms with Gasteiger partial charge in [0.25, 0.3) is 0 Å². The number of aryl methyl sites for hydroxylation is 1. The Morgan fingerprint density at radius 2 is 2.16 bits per heavy atom. The smallest absolute Gasteiger partial charge is 0.226 e. The summed E-state index contributed by atoms with van der Waals surface area (Å²) in [4.78, 5) is 22.2. The highest BCUT2D eigenvalue weighted by Gasteiger charge is 2.17. The Labute approximate surface area is 113 Å². The number of aromatic nitrogens is 2. The minimum atomic E-state index is 0.199. The van der Waals surface area contributed by atoms with E-state index in [9.17, 15) is 4.79 Å². The lowest BCUT2D eigenvalue weighted by Crippen LogP contribution is -2.29. The molecule has 19 heavy (non-hydrogen) atoms. The van der Waals surface area contributed by atoms with Crippen LogP contribution in [0.5, 0.6) is 5.88 Å². The van der Waals surface area contributed by atoms with Crippen LogP contribution in [-0.2, 0) is 4.79 Å². The summed E-state index contributed by atoms with van der Waals surface area (Å²) in [6, 6.07) is 1.76. The van der Waals surface area contributed by atoms with Crippen molar-refractivity contribution in [3.05, 3.63) is 11.8 Å². The Hall–Kier alpha value is -1.85. The summed E-state index contributed by atoms with van der Waals surface area (Å²) in [7, 11) is 1.57. The van der Waals surface area contributed by atoms with Gasteiger partial charge in [0.05, 0.1) is 7.11 Å². The largest absolute Gasteiger partial charge is 0.481 e. The highest BCUT2D eigenvalue weighted by Crippen LogP contribution is 2.12. The Morgan fingerprint density at radius 1 is 1.42 bits per heavy atom. The second-order valence-corrected chi connectivity index (χ2v) is 4.64. The number of carbonyl (C=O) groups excluding carboxylic acids is 1. The molecule has 0 spiro atoms. The molecule has 0 unspecified atom stereocenters. The second-order valence-electron chi connectivity index (χ2n) is 4.64. The van der Waals surface area contributed by atoms with E-state index in [0.29, 0.717) is 24.8 Å². The maximum atomic E-state index is 11.8. The fraction of sp³-hybridized carbons (Fsp3) is 0.615. The number of rotatable bonds is 5. The molecule has 1 aromatic heterocycles. The van der Waals surface area contributed by atoms with E-state index in [1.807, 2.05) is 11.8 Å². The zero-order valence-corrected chi connectivity index (χ0v) is 11.5. The van der Waals surface area contributed by atoms with Crippen molar-refractivity contribution in [1.29, 1.82) is 0 Å². The molecule has 1 amide bonds. The Kier molecular flexibility index (Phi) is 4.54. The van der Waals surface area contributed by atoms with E-state index in [4.69, 9.17) is 4.74 Å². The number of methoxy groups -OCH3 is 1. The van der Waals surface area contributed by atoms with Crippen molar-refractivity contribution in [2.24, 2.45) is 0 Å². The molecule has 1 aliphatic heterocycles. The van der Waals surface area contributed by atoms with Gasteiger partial charge in [-0.15, -0.1) is 0 Å². The first-order valence-corrected chi connectivity index (χ1v) is 6.60. The maximum absolute atomic E-state index is 11.8. The topological polar surface area (TPSA) is 67.3 Å². The van der Waals surface area contributed by atoms with Crippen LogP contribution in [0.2, 0.25) is 0 Å². The summed E-state index contributed by atoms with van der Waals surface area (Å²) in [5.41, 5.74) is 0.834. The first-order chi connectivity index (χ1) is 9.19. The number of ether oxygens (including phenoxy) is 1. The molecule has 1 fully saturated rings. The molecule has 0 bridgehead atoms. The number of likely N-dealkylation sites (tertiary alicyclic amines) is 1. The fourth-order valence-electron chi connectivity index (χ4n) is 2.13. The lowest BCUT2D eigenvalue weighted by molar-refractivity contribution is -0.129. The first-order valence-electron chi connectivity index (χ1n) is 6.60. The quantitative estimate of drug-likeness (QED) is 0.866. The predicted molar refractivity (Wildman–Crippen MR) is 72.2 cm³/mol. The number of hydrogen-bond donors (Lipinski definition) is 1. The molecule has 0 atom stereocenters. The van der Waals surface area contributed by atoms with Gasteiger partial charge in [-0.25, -0.2) is 4.98 Å². The number of nitrogens with zero attached hydrogens (tertiary/aromatic N) is 3. The van der Waals surface area contributed by atoms with Gasteiger partial charge in [0, 0.05) is 37.8 Å².